The minimum atomic E-state index is -0.626. The zero-order valence-electron chi connectivity index (χ0n) is 19.2. The van der Waals surface area contributed by atoms with Crippen molar-refractivity contribution in [1.29, 1.82) is 0 Å². The first-order valence-electron chi connectivity index (χ1n) is 11.0. The summed E-state index contributed by atoms with van der Waals surface area (Å²) in [6.45, 7) is -0.453. The van der Waals surface area contributed by atoms with Crippen LogP contribution in [0.3, 0.4) is 0 Å². The van der Waals surface area contributed by atoms with Gasteiger partial charge in [-0.3, -0.25) is 15.1 Å². The molecule has 0 radical (unpaired) electrons. The summed E-state index contributed by atoms with van der Waals surface area (Å²) in [5.74, 6) is -0.361. The fraction of sp³-hybridized carbons (Fsp3) is 0.0741. The summed E-state index contributed by atoms with van der Waals surface area (Å²) in [6, 6.07) is 21.8. The minimum Gasteiger partial charge on any atom is -0.497 e. The second-order valence-corrected chi connectivity index (χ2v) is 8.54. The zero-order chi connectivity index (χ0) is 24.9. The van der Waals surface area contributed by atoms with E-state index in [1.165, 1.54) is 11.3 Å². The molecule has 0 saturated heterocycles. The van der Waals surface area contributed by atoms with Crippen LogP contribution in [0.15, 0.2) is 84.4 Å². The van der Waals surface area contributed by atoms with Gasteiger partial charge >= 0.3 is 5.97 Å². The van der Waals surface area contributed by atoms with E-state index in [9.17, 15) is 9.59 Å². The molecule has 5 aromatic rings. The number of rotatable bonds is 7. The van der Waals surface area contributed by atoms with Gasteiger partial charge < -0.3 is 9.47 Å². The quantitative estimate of drug-likeness (QED) is 0.308. The van der Waals surface area contributed by atoms with Crippen molar-refractivity contribution in [3.63, 3.8) is 0 Å². The van der Waals surface area contributed by atoms with Gasteiger partial charge in [0.1, 0.15) is 5.75 Å². The van der Waals surface area contributed by atoms with E-state index in [1.54, 1.807) is 31.5 Å². The van der Waals surface area contributed by atoms with Crippen LogP contribution in [0.4, 0.5) is 5.13 Å². The number of hydrogen-bond acceptors (Lipinski definition) is 8. The molecule has 3 heterocycles. The molecule has 9 heteroatoms. The molecule has 3 aromatic heterocycles. The smallest absolute Gasteiger partial charge is 0.339 e. The molecular formula is C27H20N4O4S. The number of carbonyl (C=O) groups excluding carboxylic acids is 2. The van der Waals surface area contributed by atoms with Crippen molar-refractivity contribution in [2.45, 2.75) is 0 Å². The molecule has 0 aliphatic rings. The monoisotopic (exact) mass is 496 g/mol. The van der Waals surface area contributed by atoms with Gasteiger partial charge in [0.2, 0.25) is 0 Å². The fourth-order valence-electron chi connectivity index (χ4n) is 3.58. The third-order valence-corrected chi connectivity index (χ3v) is 6.09. The van der Waals surface area contributed by atoms with E-state index in [4.69, 9.17) is 9.47 Å². The van der Waals surface area contributed by atoms with Crippen molar-refractivity contribution < 1.29 is 19.1 Å². The summed E-state index contributed by atoms with van der Waals surface area (Å²) < 4.78 is 10.5. The summed E-state index contributed by atoms with van der Waals surface area (Å²) in [6.07, 6.45) is 1.66. The molecule has 0 fully saturated rings. The Balaban J connectivity index is 1.28. The first-order chi connectivity index (χ1) is 17.6. The molecule has 0 bridgehead atoms. The summed E-state index contributed by atoms with van der Waals surface area (Å²) in [5, 5.41) is 5.56. The maximum atomic E-state index is 13.0. The Morgan fingerprint density at radius 1 is 0.917 bits per heavy atom. The highest BCUT2D eigenvalue weighted by Crippen LogP contribution is 2.27. The Kier molecular flexibility index (Phi) is 6.63. The Hall–Kier alpha value is -4.63. The molecule has 0 spiro atoms. The minimum absolute atomic E-state index is 0.310. The number of esters is 1. The number of para-hydroxylation sites is 1. The number of fused-ring (bicyclic) bond motifs is 1. The Labute approximate surface area is 210 Å². The van der Waals surface area contributed by atoms with Crippen LogP contribution < -0.4 is 10.1 Å². The van der Waals surface area contributed by atoms with E-state index in [-0.39, 0.29) is 0 Å². The third kappa shape index (κ3) is 5.06. The number of amides is 1. The lowest BCUT2D eigenvalue weighted by Gasteiger charge is -2.09. The number of thiazole rings is 1. The number of aromatic nitrogens is 3. The maximum absolute atomic E-state index is 13.0. The Bertz CT molecular complexity index is 1540. The lowest BCUT2D eigenvalue weighted by Crippen LogP contribution is -2.21. The van der Waals surface area contributed by atoms with E-state index in [2.05, 4.69) is 20.3 Å². The van der Waals surface area contributed by atoms with Crippen molar-refractivity contribution in [3.8, 4) is 28.4 Å². The number of ether oxygens (including phenoxy) is 2. The molecule has 178 valence electrons. The molecule has 8 nitrogen and oxygen atoms in total. The highest BCUT2D eigenvalue weighted by Gasteiger charge is 2.17. The van der Waals surface area contributed by atoms with Gasteiger partial charge in [-0.25, -0.2) is 14.8 Å². The van der Waals surface area contributed by atoms with Gasteiger partial charge in [0.25, 0.3) is 5.91 Å². The van der Waals surface area contributed by atoms with Crippen LogP contribution >= 0.6 is 11.3 Å². The number of anilines is 1. The number of carbonyl (C=O) groups is 2. The normalized spacial score (nSPS) is 10.7. The maximum Gasteiger partial charge on any atom is 0.339 e. The van der Waals surface area contributed by atoms with Gasteiger partial charge in [-0.1, -0.05) is 24.3 Å². The van der Waals surface area contributed by atoms with E-state index in [0.717, 1.165) is 17.0 Å². The first kappa shape index (κ1) is 23.1. The second-order valence-electron chi connectivity index (χ2n) is 7.68. The van der Waals surface area contributed by atoms with E-state index in [0.29, 0.717) is 33.0 Å². The van der Waals surface area contributed by atoms with Gasteiger partial charge in [-0.15, -0.1) is 11.3 Å². The number of nitrogens with zero attached hydrogens (tertiary/aromatic N) is 3. The molecule has 0 aliphatic heterocycles. The molecule has 1 amide bonds. The van der Waals surface area contributed by atoms with Gasteiger partial charge in [0.15, 0.2) is 11.7 Å². The molecule has 2 aromatic carbocycles. The van der Waals surface area contributed by atoms with Gasteiger partial charge in [-0.2, -0.15) is 0 Å². The Morgan fingerprint density at radius 3 is 2.50 bits per heavy atom. The van der Waals surface area contributed by atoms with E-state index >= 15 is 0 Å². The predicted molar refractivity (Wildman–Crippen MR) is 138 cm³/mol. The zero-order valence-corrected chi connectivity index (χ0v) is 20.0. The largest absolute Gasteiger partial charge is 0.497 e. The average molecular weight is 497 g/mol. The highest BCUT2D eigenvalue weighted by molar-refractivity contribution is 7.14. The SMILES string of the molecule is COc1ccc(-c2csc(NC(=O)COC(=O)c3cc(-c4ccccn4)nc4ccccc34)n2)cc1. The van der Waals surface area contributed by atoms with Crippen molar-refractivity contribution >= 4 is 39.2 Å². The lowest BCUT2D eigenvalue weighted by molar-refractivity contribution is -0.119. The molecule has 1 N–H and O–H groups in total. The van der Waals surface area contributed by atoms with Crippen LogP contribution in [0, 0.1) is 0 Å². The fourth-order valence-corrected chi connectivity index (χ4v) is 4.32. The topological polar surface area (TPSA) is 103 Å². The molecule has 0 aliphatic carbocycles. The Morgan fingerprint density at radius 2 is 1.72 bits per heavy atom. The van der Waals surface area contributed by atoms with Crippen LogP contribution in [0.2, 0.25) is 0 Å². The summed E-state index contributed by atoms with van der Waals surface area (Å²) >= 11 is 1.28. The molecular weight excluding hydrogens is 476 g/mol. The highest BCUT2D eigenvalue weighted by atomic mass is 32.1. The van der Waals surface area contributed by atoms with Crippen molar-refractivity contribution in [3.05, 3.63) is 89.9 Å². The lowest BCUT2D eigenvalue weighted by atomic mass is 10.1. The standard InChI is InChI=1S/C27H20N4O4S/c1-34-18-11-9-17(10-12-18)24-16-36-27(30-24)31-25(32)15-35-26(33)20-14-23(22-8-4-5-13-28-22)29-21-7-3-2-6-19(20)21/h2-14,16H,15H2,1H3,(H,30,31,32). The summed E-state index contributed by atoms with van der Waals surface area (Å²) in [5.41, 5.74) is 3.73. The van der Waals surface area contributed by atoms with Gasteiger partial charge in [-0.05, 0) is 48.5 Å². The van der Waals surface area contributed by atoms with E-state index < -0.39 is 18.5 Å². The molecule has 0 atom stereocenters. The van der Waals surface area contributed by atoms with Crippen LogP contribution in [0.5, 0.6) is 5.75 Å². The van der Waals surface area contributed by atoms with Gasteiger partial charge in [0, 0.05) is 22.5 Å². The molecule has 5 rings (SSSR count). The molecule has 0 unspecified atom stereocenters. The van der Waals surface area contributed by atoms with E-state index in [1.807, 2.05) is 60.0 Å². The van der Waals surface area contributed by atoms with Crippen LogP contribution in [0.1, 0.15) is 10.4 Å². The van der Waals surface area contributed by atoms with Crippen molar-refractivity contribution in [1.82, 2.24) is 15.0 Å². The predicted octanol–water partition coefficient (Wildman–Crippen LogP) is 5.22. The van der Waals surface area contributed by atoms with Crippen LogP contribution in [-0.4, -0.2) is 40.5 Å². The number of nitrogens with one attached hydrogen (secondary N) is 1. The third-order valence-electron chi connectivity index (χ3n) is 5.33. The summed E-state index contributed by atoms with van der Waals surface area (Å²) in [4.78, 5) is 38.8. The summed E-state index contributed by atoms with van der Waals surface area (Å²) in [7, 11) is 1.61. The van der Waals surface area contributed by atoms with Crippen molar-refractivity contribution in [2.75, 3.05) is 19.0 Å². The number of pyridine rings is 2. The number of methoxy groups -OCH3 is 1. The van der Waals surface area contributed by atoms with Gasteiger partial charge in [0.05, 0.1) is 35.3 Å². The molecule has 36 heavy (non-hydrogen) atoms. The second kappa shape index (κ2) is 10.3. The van der Waals surface area contributed by atoms with Crippen LogP contribution in [-0.2, 0) is 9.53 Å². The first-order valence-corrected chi connectivity index (χ1v) is 11.9. The van der Waals surface area contributed by atoms with Crippen molar-refractivity contribution in [2.24, 2.45) is 0 Å². The molecule has 0 saturated carbocycles. The van der Waals surface area contributed by atoms with Crippen LogP contribution in [0.25, 0.3) is 33.5 Å². The average Bonchev–Trinajstić information content (AvgIpc) is 3.40. The number of hydrogen-bond donors (Lipinski definition) is 1. The number of benzene rings is 2.